The number of anilines is 1. The zero-order valence-electron chi connectivity index (χ0n) is 6.13. The third-order valence-electron chi connectivity index (χ3n) is 0.895. The summed E-state index contributed by atoms with van der Waals surface area (Å²) < 4.78 is 21.5. The molecule has 1 aromatic heterocycles. The summed E-state index contributed by atoms with van der Waals surface area (Å²) in [5.74, 6) is -0.0297. The van der Waals surface area contributed by atoms with E-state index in [1.54, 1.807) is 4.72 Å². The minimum Gasteiger partial charge on any atom is -0.755 e. The van der Waals surface area contributed by atoms with Gasteiger partial charge in [-0.1, -0.05) is 0 Å². The predicted octanol–water partition coefficient (Wildman–Crippen LogP) is -1.21. The summed E-state index contributed by atoms with van der Waals surface area (Å²) in [6.45, 7) is 0. The zero-order chi connectivity index (χ0) is 9.68. The molecule has 13 heavy (non-hydrogen) atoms. The minimum absolute atomic E-state index is 0.0297. The molecule has 2 N–H and O–H groups in total. The van der Waals surface area contributed by atoms with Crippen LogP contribution in [-0.2, 0) is 11.3 Å². The molecule has 1 heterocycles. The summed E-state index contributed by atoms with van der Waals surface area (Å²) >= 11 is -2.65. The van der Waals surface area contributed by atoms with Crippen molar-refractivity contribution in [3.63, 3.8) is 0 Å². The lowest BCUT2D eigenvalue weighted by Crippen LogP contribution is -2.30. The molecule has 1 rings (SSSR count). The van der Waals surface area contributed by atoms with E-state index in [-0.39, 0.29) is 5.95 Å². The van der Waals surface area contributed by atoms with Crippen molar-refractivity contribution in [1.82, 2.24) is 19.7 Å². The number of urea groups is 1. The van der Waals surface area contributed by atoms with E-state index in [0.29, 0.717) is 0 Å². The molecule has 0 radical (unpaired) electrons. The number of nitrogens with one attached hydrogen (secondary N) is 2. The molecule has 0 aromatic carbocycles. The SMILES string of the molecule is O=C(Nc1ncncn1)NS(=O)[O-]. The van der Waals surface area contributed by atoms with Gasteiger partial charge in [-0.05, 0) is 0 Å². The monoisotopic (exact) mass is 202 g/mol. The number of rotatable bonds is 2. The first kappa shape index (κ1) is 9.48. The van der Waals surface area contributed by atoms with Crippen LogP contribution in [-0.4, -0.2) is 29.7 Å². The Morgan fingerprint density at radius 2 is 2.08 bits per heavy atom. The summed E-state index contributed by atoms with van der Waals surface area (Å²) in [4.78, 5) is 21.3. The fourth-order valence-corrected chi connectivity index (χ4v) is 0.709. The molecule has 2 amide bonds. The molecule has 1 atom stereocenters. The molecule has 0 aliphatic rings. The molecule has 0 saturated carbocycles. The molecule has 0 aliphatic heterocycles. The highest BCUT2D eigenvalue weighted by molar-refractivity contribution is 7.77. The Morgan fingerprint density at radius 3 is 2.62 bits per heavy atom. The normalized spacial score (nSPS) is 11.8. The highest BCUT2D eigenvalue weighted by atomic mass is 32.2. The second-order valence-electron chi connectivity index (χ2n) is 1.75. The van der Waals surface area contributed by atoms with Crippen LogP contribution in [0, 0.1) is 0 Å². The fraction of sp³-hybridized carbons (Fsp3) is 0. The molecule has 0 aliphatic carbocycles. The lowest BCUT2D eigenvalue weighted by atomic mass is 10.9. The van der Waals surface area contributed by atoms with Gasteiger partial charge >= 0.3 is 6.03 Å². The van der Waals surface area contributed by atoms with Gasteiger partial charge in [-0.15, -0.1) is 0 Å². The van der Waals surface area contributed by atoms with Gasteiger partial charge in [0.2, 0.25) is 5.95 Å². The van der Waals surface area contributed by atoms with E-state index >= 15 is 0 Å². The Balaban J connectivity index is 2.50. The largest absolute Gasteiger partial charge is 0.755 e. The number of hydrogen-bond donors (Lipinski definition) is 2. The summed E-state index contributed by atoms with van der Waals surface area (Å²) in [5.41, 5.74) is 0. The standard InChI is InChI=1S/C4H5N5O3S/c10-4(9-13(11)12)8-3-6-1-5-2-7-3/h1-2H,(H,11,12)(H2,5,6,7,8,9,10)/p-1. The first-order chi connectivity index (χ1) is 6.18. The molecule has 1 aromatic rings. The maximum Gasteiger partial charge on any atom is 0.332 e. The molecule has 1 unspecified atom stereocenters. The topological polar surface area (TPSA) is 120 Å². The molecular formula is C4H4N5O3S-. The van der Waals surface area contributed by atoms with Gasteiger partial charge in [0.15, 0.2) is 0 Å². The van der Waals surface area contributed by atoms with Gasteiger partial charge in [-0.25, -0.2) is 19.7 Å². The van der Waals surface area contributed by atoms with E-state index in [4.69, 9.17) is 0 Å². The minimum atomic E-state index is -2.65. The highest BCUT2D eigenvalue weighted by Gasteiger charge is 2.01. The third-order valence-corrected chi connectivity index (χ3v) is 1.25. The number of amides is 2. The van der Waals surface area contributed by atoms with Crippen molar-refractivity contribution in [1.29, 1.82) is 0 Å². The Kier molecular flexibility index (Phi) is 3.23. The lowest BCUT2D eigenvalue weighted by Gasteiger charge is -2.06. The first-order valence-corrected chi connectivity index (χ1v) is 4.05. The molecular weight excluding hydrogens is 198 g/mol. The fourth-order valence-electron chi connectivity index (χ4n) is 0.506. The first-order valence-electron chi connectivity index (χ1n) is 2.97. The number of hydrogen-bond acceptors (Lipinski definition) is 6. The van der Waals surface area contributed by atoms with E-state index in [1.807, 2.05) is 0 Å². The molecule has 0 spiro atoms. The average Bonchev–Trinajstić information content (AvgIpc) is 2.04. The second kappa shape index (κ2) is 4.42. The van der Waals surface area contributed by atoms with Gasteiger partial charge in [-0.2, -0.15) is 0 Å². The summed E-state index contributed by atoms with van der Waals surface area (Å²) in [6, 6.07) is -0.931. The van der Waals surface area contributed by atoms with Crippen LogP contribution in [0.1, 0.15) is 0 Å². The van der Waals surface area contributed by atoms with E-state index in [1.165, 1.54) is 0 Å². The van der Waals surface area contributed by atoms with Crippen LogP contribution in [0.15, 0.2) is 12.7 Å². The highest BCUT2D eigenvalue weighted by Crippen LogP contribution is 1.90. The second-order valence-corrected chi connectivity index (χ2v) is 2.43. The maximum atomic E-state index is 10.7. The third kappa shape index (κ3) is 3.53. The van der Waals surface area contributed by atoms with Crippen LogP contribution in [0.4, 0.5) is 10.7 Å². The van der Waals surface area contributed by atoms with E-state index in [0.717, 1.165) is 12.7 Å². The maximum absolute atomic E-state index is 10.7. The van der Waals surface area contributed by atoms with Crippen LogP contribution in [0.25, 0.3) is 0 Å². The zero-order valence-corrected chi connectivity index (χ0v) is 6.95. The number of nitrogens with zero attached hydrogens (tertiary/aromatic N) is 3. The Morgan fingerprint density at radius 1 is 1.46 bits per heavy atom. The molecule has 9 heteroatoms. The summed E-state index contributed by atoms with van der Waals surface area (Å²) in [7, 11) is 0. The van der Waals surface area contributed by atoms with Crippen LogP contribution in [0.2, 0.25) is 0 Å². The van der Waals surface area contributed by atoms with Crippen molar-refractivity contribution >= 4 is 23.2 Å². The number of carbonyl (C=O) groups is 1. The van der Waals surface area contributed by atoms with Crippen LogP contribution in [0.5, 0.6) is 0 Å². The smallest absolute Gasteiger partial charge is 0.332 e. The Hall–Kier alpha value is -1.61. The molecule has 0 saturated heterocycles. The van der Waals surface area contributed by atoms with Crippen molar-refractivity contribution < 1.29 is 13.6 Å². The van der Waals surface area contributed by atoms with E-state index in [9.17, 15) is 13.6 Å². The molecule has 70 valence electrons. The lowest BCUT2D eigenvalue weighted by molar-refractivity contribution is 0.256. The van der Waals surface area contributed by atoms with E-state index in [2.05, 4.69) is 20.3 Å². The van der Waals surface area contributed by atoms with Crippen LogP contribution in [0.3, 0.4) is 0 Å². The van der Waals surface area contributed by atoms with Gasteiger partial charge < -0.3 is 4.55 Å². The molecule has 0 fully saturated rings. The predicted molar refractivity (Wildman–Crippen MR) is 40.9 cm³/mol. The summed E-state index contributed by atoms with van der Waals surface area (Å²) in [5, 5.41) is 2.07. The van der Waals surface area contributed by atoms with Gasteiger partial charge in [0.05, 0.1) is 0 Å². The van der Waals surface area contributed by atoms with Crippen molar-refractivity contribution in [2.75, 3.05) is 5.32 Å². The number of carbonyl (C=O) groups excluding carboxylic acids is 1. The van der Waals surface area contributed by atoms with Crippen molar-refractivity contribution in [3.8, 4) is 0 Å². The van der Waals surface area contributed by atoms with Crippen molar-refractivity contribution in [2.24, 2.45) is 0 Å². The van der Waals surface area contributed by atoms with Gasteiger partial charge in [-0.3, -0.25) is 14.2 Å². The van der Waals surface area contributed by atoms with Gasteiger partial charge in [0, 0.05) is 11.3 Å². The van der Waals surface area contributed by atoms with Crippen molar-refractivity contribution in [2.45, 2.75) is 0 Å². The van der Waals surface area contributed by atoms with Crippen LogP contribution >= 0.6 is 0 Å². The van der Waals surface area contributed by atoms with Gasteiger partial charge in [0.1, 0.15) is 12.7 Å². The number of aromatic nitrogens is 3. The Labute approximate surface area is 75.2 Å². The quantitative estimate of drug-likeness (QED) is 0.580. The molecule has 0 bridgehead atoms. The van der Waals surface area contributed by atoms with Gasteiger partial charge in [0.25, 0.3) is 0 Å². The van der Waals surface area contributed by atoms with Crippen molar-refractivity contribution in [3.05, 3.63) is 12.7 Å². The Bertz CT molecular complexity index is 317. The van der Waals surface area contributed by atoms with E-state index < -0.39 is 17.3 Å². The van der Waals surface area contributed by atoms with Crippen LogP contribution < -0.4 is 10.0 Å². The molecule has 8 nitrogen and oxygen atoms in total. The average molecular weight is 202 g/mol. The summed E-state index contributed by atoms with van der Waals surface area (Å²) in [6.07, 6.45) is 2.33.